The van der Waals surface area contributed by atoms with E-state index in [1.54, 1.807) is 12.1 Å². The fraction of sp³-hybridized carbons (Fsp3) is 0.200. The molecule has 18 heavy (non-hydrogen) atoms. The molecule has 0 aliphatic heterocycles. The van der Waals surface area contributed by atoms with Gasteiger partial charge in [0, 0.05) is 22.1 Å². The standard InChI is InChI=1S/C15H13ClFN/c16-12-5-1-3-10-9(7-8-18)11-4-2-6-13(17)15(11)14(10)12/h1-6,9H,7-8,18H2. The van der Waals surface area contributed by atoms with E-state index in [0.717, 1.165) is 23.1 Å². The van der Waals surface area contributed by atoms with Gasteiger partial charge in [-0.1, -0.05) is 35.9 Å². The Morgan fingerprint density at radius 1 is 1.06 bits per heavy atom. The van der Waals surface area contributed by atoms with E-state index in [1.165, 1.54) is 6.07 Å². The Morgan fingerprint density at radius 2 is 1.72 bits per heavy atom. The van der Waals surface area contributed by atoms with Crippen LogP contribution < -0.4 is 5.73 Å². The molecule has 0 spiro atoms. The van der Waals surface area contributed by atoms with Crippen LogP contribution in [0.4, 0.5) is 4.39 Å². The van der Waals surface area contributed by atoms with Crippen LogP contribution in [-0.2, 0) is 0 Å². The third-order valence-electron chi connectivity index (χ3n) is 3.55. The minimum Gasteiger partial charge on any atom is -0.330 e. The molecule has 2 aromatic rings. The summed E-state index contributed by atoms with van der Waals surface area (Å²) in [6.45, 7) is 0.576. The second kappa shape index (κ2) is 4.38. The number of hydrogen-bond acceptors (Lipinski definition) is 1. The van der Waals surface area contributed by atoms with Crippen LogP contribution in [0.15, 0.2) is 36.4 Å². The first-order valence-corrected chi connectivity index (χ1v) is 6.39. The normalized spacial score (nSPS) is 16.5. The van der Waals surface area contributed by atoms with Crippen LogP contribution in [0.1, 0.15) is 23.5 Å². The van der Waals surface area contributed by atoms with Gasteiger partial charge in [0.1, 0.15) is 5.82 Å². The van der Waals surface area contributed by atoms with Crippen molar-refractivity contribution in [2.24, 2.45) is 5.73 Å². The highest BCUT2D eigenvalue weighted by molar-refractivity contribution is 6.33. The molecule has 0 saturated carbocycles. The van der Waals surface area contributed by atoms with E-state index < -0.39 is 0 Å². The maximum Gasteiger partial charge on any atom is 0.131 e. The van der Waals surface area contributed by atoms with Gasteiger partial charge in [0.05, 0.1) is 0 Å². The molecule has 1 nitrogen and oxygen atoms in total. The predicted molar refractivity (Wildman–Crippen MR) is 72.4 cm³/mol. The molecule has 1 aliphatic carbocycles. The van der Waals surface area contributed by atoms with Crippen LogP contribution >= 0.6 is 11.6 Å². The summed E-state index contributed by atoms with van der Waals surface area (Å²) in [5.41, 5.74) is 9.25. The number of rotatable bonds is 2. The van der Waals surface area contributed by atoms with Crippen LogP contribution in [0.25, 0.3) is 11.1 Å². The van der Waals surface area contributed by atoms with Gasteiger partial charge in [-0.25, -0.2) is 4.39 Å². The van der Waals surface area contributed by atoms with Crippen molar-refractivity contribution in [3.8, 4) is 11.1 Å². The van der Waals surface area contributed by atoms with Gasteiger partial charge in [-0.3, -0.25) is 0 Å². The van der Waals surface area contributed by atoms with Gasteiger partial charge in [-0.2, -0.15) is 0 Å². The first-order valence-electron chi connectivity index (χ1n) is 6.01. The van der Waals surface area contributed by atoms with E-state index in [9.17, 15) is 4.39 Å². The van der Waals surface area contributed by atoms with Crippen molar-refractivity contribution in [1.29, 1.82) is 0 Å². The molecule has 0 amide bonds. The second-order valence-electron chi connectivity index (χ2n) is 4.54. The average Bonchev–Trinajstić information content (AvgIpc) is 2.68. The maximum absolute atomic E-state index is 14.1. The number of benzene rings is 2. The quantitative estimate of drug-likeness (QED) is 0.871. The summed E-state index contributed by atoms with van der Waals surface area (Å²) in [5, 5.41) is 0.610. The molecule has 3 rings (SSSR count). The van der Waals surface area contributed by atoms with Crippen LogP contribution in [-0.4, -0.2) is 6.54 Å². The summed E-state index contributed by atoms with van der Waals surface area (Å²) < 4.78 is 14.1. The Balaban J connectivity index is 2.31. The first-order chi connectivity index (χ1) is 8.74. The molecule has 1 unspecified atom stereocenters. The fourth-order valence-corrected chi connectivity index (χ4v) is 3.11. The highest BCUT2D eigenvalue weighted by atomic mass is 35.5. The van der Waals surface area contributed by atoms with Crippen molar-refractivity contribution >= 4 is 11.6 Å². The summed E-state index contributed by atoms with van der Waals surface area (Å²) in [7, 11) is 0. The molecule has 0 radical (unpaired) electrons. The van der Waals surface area contributed by atoms with Gasteiger partial charge in [-0.05, 0) is 36.2 Å². The molecule has 0 heterocycles. The summed E-state index contributed by atoms with van der Waals surface area (Å²) >= 11 is 6.24. The molecular weight excluding hydrogens is 249 g/mol. The van der Waals surface area contributed by atoms with E-state index in [4.69, 9.17) is 17.3 Å². The third-order valence-corrected chi connectivity index (χ3v) is 3.86. The molecule has 0 fully saturated rings. The molecule has 0 saturated heterocycles. The van der Waals surface area contributed by atoms with Gasteiger partial charge in [0.15, 0.2) is 0 Å². The Kier molecular flexibility index (Phi) is 2.84. The topological polar surface area (TPSA) is 26.0 Å². The number of halogens is 2. The van der Waals surface area contributed by atoms with Gasteiger partial charge in [0.25, 0.3) is 0 Å². The smallest absolute Gasteiger partial charge is 0.131 e. The lowest BCUT2D eigenvalue weighted by atomic mass is 9.94. The second-order valence-corrected chi connectivity index (χ2v) is 4.95. The van der Waals surface area contributed by atoms with E-state index >= 15 is 0 Å². The van der Waals surface area contributed by atoms with Crippen molar-refractivity contribution < 1.29 is 4.39 Å². The van der Waals surface area contributed by atoms with Crippen LogP contribution in [0.2, 0.25) is 5.02 Å². The average molecular weight is 262 g/mol. The van der Waals surface area contributed by atoms with E-state index in [2.05, 4.69) is 0 Å². The van der Waals surface area contributed by atoms with Crippen molar-refractivity contribution in [3.05, 3.63) is 58.4 Å². The predicted octanol–water partition coefficient (Wildman–Crippen LogP) is 3.94. The van der Waals surface area contributed by atoms with Gasteiger partial charge in [0.2, 0.25) is 0 Å². The van der Waals surface area contributed by atoms with E-state index in [0.29, 0.717) is 17.1 Å². The Labute approximate surface area is 110 Å². The van der Waals surface area contributed by atoms with Crippen LogP contribution in [0.5, 0.6) is 0 Å². The fourth-order valence-electron chi connectivity index (χ4n) is 2.84. The van der Waals surface area contributed by atoms with Crippen LogP contribution in [0, 0.1) is 5.82 Å². The van der Waals surface area contributed by atoms with Crippen molar-refractivity contribution in [3.63, 3.8) is 0 Å². The monoisotopic (exact) mass is 261 g/mol. The maximum atomic E-state index is 14.1. The van der Waals surface area contributed by atoms with Crippen molar-refractivity contribution in [2.45, 2.75) is 12.3 Å². The molecule has 1 aliphatic rings. The zero-order valence-corrected chi connectivity index (χ0v) is 10.5. The molecule has 1 atom stereocenters. The molecule has 0 aromatic heterocycles. The zero-order valence-electron chi connectivity index (χ0n) is 9.79. The number of fused-ring (bicyclic) bond motifs is 3. The molecule has 2 N–H and O–H groups in total. The molecular formula is C15H13ClFN. The minimum atomic E-state index is -0.207. The third kappa shape index (κ3) is 1.57. The van der Waals surface area contributed by atoms with Gasteiger partial charge in [-0.15, -0.1) is 0 Å². The first kappa shape index (κ1) is 11.7. The Hall–Kier alpha value is -1.38. The van der Waals surface area contributed by atoms with Crippen molar-refractivity contribution in [1.82, 2.24) is 0 Å². The number of hydrogen-bond donors (Lipinski definition) is 1. The zero-order chi connectivity index (χ0) is 12.7. The largest absolute Gasteiger partial charge is 0.330 e. The highest BCUT2D eigenvalue weighted by Crippen LogP contribution is 2.49. The van der Waals surface area contributed by atoms with Gasteiger partial charge < -0.3 is 5.73 Å². The Bertz CT molecular complexity index is 558. The van der Waals surface area contributed by atoms with Crippen molar-refractivity contribution in [2.75, 3.05) is 6.54 Å². The molecule has 92 valence electrons. The lowest BCUT2D eigenvalue weighted by Gasteiger charge is -2.11. The Morgan fingerprint density at radius 3 is 2.44 bits per heavy atom. The summed E-state index contributed by atoms with van der Waals surface area (Å²) in [6.07, 6.45) is 0.809. The molecule has 3 heteroatoms. The minimum absolute atomic E-state index is 0.161. The molecule has 0 bridgehead atoms. The van der Waals surface area contributed by atoms with Crippen LogP contribution in [0.3, 0.4) is 0 Å². The van der Waals surface area contributed by atoms with Gasteiger partial charge >= 0.3 is 0 Å². The lowest BCUT2D eigenvalue weighted by Crippen LogP contribution is -2.06. The lowest BCUT2D eigenvalue weighted by molar-refractivity contribution is 0.629. The number of nitrogens with two attached hydrogens (primary N) is 1. The molecule has 2 aromatic carbocycles. The van der Waals surface area contributed by atoms with E-state index in [-0.39, 0.29) is 11.7 Å². The SMILES string of the molecule is NCCC1c2cccc(F)c2-c2c(Cl)cccc21. The highest BCUT2D eigenvalue weighted by Gasteiger charge is 2.31. The summed E-state index contributed by atoms with van der Waals surface area (Å²) in [5.74, 6) is -0.0456. The summed E-state index contributed by atoms with van der Waals surface area (Å²) in [6, 6.07) is 10.9. The summed E-state index contributed by atoms with van der Waals surface area (Å²) in [4.78, 5) is 0. The van der Waals surface area contributed by atoms with E-state index in [1.807, 2.05) is 18.2 Å².